The van der Waals surface area contributed by atoms with Crippen molar-refractivity contribution in [2.24, 2.45) is 11.8 Å². The molecule has 29 heavy (non-hydrogen) atoms. The van der Waals surface area contributed by atoms with Crippen LogP contribution in [-0.2, 0) is 38.1 Å². The van der Waals surface area contributed by atoms with E-state index in [0.29, 0.717) is 11.4 Å². The van der Waals surface area contributed by atoms with Gasteiger partial charge < -0.3 is 28.6 Å². The van der Waals surface area contributed by atoms with E-state index >= 15 is 0 Å². The molecule has 158 valence electrons. The van der Waals surface area contributed by atoms with Crippen LogP contribution in [0.4, 0.5) is 5.69 Å². The highest BCUT2D eigenvalue weighted by molar-refractivity contribution is 5.99. The van der Waals surface area contributed by atoms with Crippen molar-refractivity contribution in [3.05, 3.63) is 24.3 Å². The summed E-state index contributed by atoms with van der Waals surface area (Å²) < 4.78 is 24.5. The maximum absolute atomic E-state index is 12.7. The summed E-state index contributed by atoms with van der Waals surface area (Å²) in [6.07, 6.45) is 0. The number of anilines is 1. The number of hydrogen-bond acceptors (Lipinski definition) is 10. The lowest BCUT2D eigenvalue weighted by molar-refractivity contribution is -0.161. The van der Waals surface area contributed by atoms with Crippen molar-refractivity contribution < 1.29 is 42.9 Å². The molecule has 0 spiro atoms. The molecule has 4 atom stereocenters. The Hall–Kier alpha value is -3.30. The molecule has 1 fully saturated rings. The molecule has 1 aromatic rings. The maximum atomic E-state index is 12.7. The lowest BCUT2D eigenvalue weighted by Gasteiger charge is -2.30. The summed E-state index contributed by atoms with van der Waals surface area (Å²) in [6, 6.07) is 3.73. The second-order valence-corrected chi connectivity index (χ2v) is 6.14. The van der Waals surface area contributed by atoms with Crippen LogP contribution in [-0.4, -0.2) is 71.5 Å². The maximum Gasteiger partial charge on any atom is 0.329 e. The summed E-state index contributed by atoms with van der Waals surface area (Å²) in [6.45, 7) is 0. The standard InChI is InChI=1S/C19H23NO9/c1-25-11-8-6-10(7-9-11)20-14(18(23)28-4)12(16(21)26-2)13(17(22)27-3)15(20)19(24)29-5/h6-9,12-15H,1-5H3/t12-,13+,14-,15-/m1/s1. The van der Waals surface area contributed by atoms with Gasteiger partial charge in [0.2, 0.25) is 0 Å². The van der Waals surface area contributed by atoms with Crippen molar-refractivity contribution in [1.29, 1.82) is 0 Å². The molecule has 0 aliphatic carbocycles. The Morgan fingerprint density at radius 1 is 0.655 bits per heavy atom. The lowest BCUT2D eigenvalue weighted by Crippen LogP contribution is -2.48. The predicted octanol–water partition coefficient (Wildman–Crippen LogP) is 0.177. The van der Waals surface area contributed by atoms with E-state index in [2.05, 4.69) is 0 Å². The molecule has 0 amide bonds. The van der Waals surface area contributed by atoms with E-state index in [1.165, 1.54) is 12.0 Å². The normalized spacial score (nSPS) is 23.1. The Morgan fingerprint density at radius 2 is 1.03 bits per heavy atom. The van der Waals surface area contributed by atoms with Gasteiger partial charge in [-0.15, -0.1) is 0 Å². The molecule has 10 nitrogen and oxygen atoms in total. The van der Waals surface area contributed by atoms with Crippen LogP contribution < -0.4 is 9.64 Å². The van der Waals surface area contributed by atoms with Gasteiger partial charge >= 0.3 is 23.9 Å². The summed E-state index contributed by atoms with van der Waals surface area (Å²) in [5.41, 5.74) is 0.372. The number of benzene rings is 1. The van der Waals surface area contributed by atoms with Crippen LogP contribution in [0.3, 0.4) is 0 Å². The Morgan fingerprint density at radius 3 is 1.34 bits per heavy atom. The van der Waals surface area contributed by atoms with Crippen molar-refractivity contribution in [2.45, 2.75) is 12.1 Å². The average Bonchev–Trinajstić information content (AvgIpc) is 3.12. The van der Waals surface area contributed by atoms with Crippen LogP contribution in [0.25, 0.3) is 0 Å². The van der Waals surface area contributed by atoms with Gasteiger partial charge in [-0.05, 0) is 24.3 Å². The number of carbonyl (C=O) groups excluding carboxylic acids is 4. The molecule has 2 rings (SSSR count). The molecule has 1 aliphatic rings. The first-order valence-corrected chi connectivity index (χ1v) is 8.59. The van der Waals surface area contributed by atoms with Crippen LogP contribution in [0.15, 0.2) is 24.3 Å². The van der Waals surface area contributed by atoms with Crippen molar-refractivity contribution in [1.82, 2.24) is 0 Å². The molecule has 1 saturated heterocycles. The fourth-order valence-electron chi connectivity index (χ4n) is 3.57. The number of carbonyl (C=O) groups is 4. The molecule has 10 heteroatoms. The van der Waals surface area contributed by atoms with Crippen molar-refractivity contribution in [2.75, 3.05) is 40.4 Å². The van der Waals surface area contributed by atoms with Crippen LogP contribution in [0.1, 0.15) is 0 Å². The van der Waals surface area contributed by atoms with Gasteiger partial charge in [-0.1, -0.05) is 0 Å². The number of esters is 4. The van der Waals surface area contributed by atoms with Crippen molar-refractivity contribution in [3.8, 4) is 5.75 Å². The van der Waals surface area contributed by atoms with Gasteiger partial charge in [-0.2, -0.15) is 0 Å². The molecular weight excluding hydrogens is 386 g/mol. The number of methoxy groups -OCH3 is 5. The second kappa shape index (κ2) is 9.26. The lowest BCUT2D eigenvalue weighted by atomic mass is 9.86. The van der Waals surface area contributed by atoms with Crippen molar-refractivity contribution >= 4 is 29.6 Å². The Kier molecular flexibility index (Phi) is 7.03. The van der Waals surface area contributed by atoms with Gasteiger partial charge in [0.05, 0.1) is 35.5 Å². The molecular formula is C19H23NO9. The zero-order valence-corrected chi connectivity index (χ0v) is 16.7. The van der Waals surface area contributed by atoms with Crippen LogP contribution in [0.5, 0.6) is 5.75 Å². The summed E-state index contributed by atoms with van der Waals surface area (Å²) in [4.78, 5) is 51.8. The van der Waals surface area contributed by atoms with E-state index in [0.717, 1.165) is 28.4 Å². The van der Waals surface area contributed by atoms with Gasteiger partial charge in [-0.3, -0.25) is 9.59 Å². The quantitative estimate of drug-likeness (QED) is 0.475. The first-order valence-electron chi connectivity index (χ1n) is 8.59. The topological polar surface area (TPSA) is 118 Å². The van der Waals surface area contributed by atoms with E-state index < -0.39 is 47.8 Å². The third-order valence-electron chi connectivity index (χ3n) is 4.87. The summed E-state index contributed by atoms with van der Waals surface area (Å²) in [5, 5.41) is 0. The molecule has 0 saturated carbocycles. The Labute approximate surface area is 167 Å². The first kappa shape index (κ1) is 22.0. The fourth-order valence-corrected chi connectivity index (χ4v) is 3.57. The van der Waals surface area contributed by atoms with Gasteiger partial charge in [0.1, 0.15) is 29.7 Å². The smallest absolute Gasteiger partial charge is 0.329 e. The third-order valence-corrected chi connectivity index (χ3v) is 4.87. The largest absolute Gasteiger partial charge is 0.497 e. The van der Waals surface area contributed by atoms with Crippen LogP contribution in [0.2, 0.25) is 0 Å². The number of hydrogen-bond donors (Lipinski definition) is 0. The molecule has 1 aliphatic heterocycles. The fraction of sp³-hybridized carbons (Fsp3) is 0.474. The monoisotopic (exact) mass is 409 g/mol. The SMILES string of the molecule is COC(=O)[C@@H]1[C@H](C(=O)OC)[C@H](C(=O)OC)N(c2ccc(OC)cc2)[C@H]1C(=O)OC. The molecule has 0 radical (unpaired) electrons. The predicted molar refractivity (Wildman–Crippen MR) is 98.1 cm³/mol. The van der Waals surface area contributed by atoms with Crippen LogP contribution in [0, 0.1) is 11.8 Å². The average molecular weight is 409 g/mol. The number of ether oxygens (including phenoxy) is 5. The zero-order valence-electron chi connectivity index (χ0n) is 16.7. The minimum Gasteiger partial charge on any atom is -0.497 e. The molecule has 0 aromatic heterocycles. The Bertz CT molecular complexity index is 734. The zero-order chi connectivity index (χ0) is 21.7. The second-order valence-electron chi connectivity index (χ2n) is 6.14. The Balaban J connectivity index is 2.73. The van der Waals surface area contributed by atoms with E-state index in [1.54, 1.807) is 24.3 Å². The van der Waals surface area contributed by atoms with Crippen LogP contribution >= 0.6 is 0 Å². The van der Waals surface area contributed by atoms with Gasteiger partial charge in [0.15, 0.2) is 0 Å². The summed E-state index contributed by atoms with van der Waals surface area (Å²) in [5.74, 6) is -5.54. The summed E-state index contributed by atoms with van der Waals surface area (Å²) >= 11 is 0. The van der Waals surface area contributed by atoms with Crippen molar-refractivity contribution in [3.63, 3.8) is 0 Å². The highest BCUT2D eigenvalue weighted by Crippen LogP contribution is 2.42. The van der Waals surface area contributed by atoms with E-state index in [1.807, 2.05) is 0 Å². The molecule has 1 aromatic carbocycles. The molecule has 1 heterocycles. The number of rotatable bonds is 6. The third kappa shape index (κ3) is 3.96. The first-order chi connectivity index (χ1) is 13.9. The highest BCUT2D eigenvalue weighted by Gasteiger charge is 2.62. The number of nitrogens with zero attached hydrogens (tertiary/aromatic N) is 1. The minimum absolute atomic E-state index is 0.372. The van der Waals surface area contributed by atoms with Gasteiger partial charge in [-0.25, -0.2) is 9.59 Å². The van der Waals surface area contributed by atoms with E-state index in [-0.39, 0.29) is 0 Å². The molecule has 0 unspecified atom stereocenters. The van der Waals surface area contributed by atoms with E-state index in [9.17, 15) is 19.2 Å². The van der Waals surface area contributed by atoms with Gasteiger partial charge in [0.25, 0.3) is 0 Å². The summed E-state index contributed by atoms with van der Waals surface area (Å²) in [7, 11) is 6.01. The molecule has 0 bridgehead atoms. The molecule has 0 N–H and O–H groups in total. The van der Waals surface area contributed by atoms with E-state index in [4.69, 9.17) is 23.7 Å². The van der Waals surface area contributed by atoms with Gasteiger partial charge in [0, 0.05) is 5.69 Å². The minimum atomic E-state index is -1.36. The highest BCUT2D eigenvalue weighted by atomic mass is 16.5.